The van der Waals surface area contributed by atoms with Gasteiger partial charge in [-0.2, -0.15) is 13.2 Å². The van der Waals surface area contributed by atoms with E-state index in [4.69, 9.17) is 23.4 Å². The Bertz CT molecular complexity index is 1140. The lowest BCUT2D eigenvalue weighted by molar-refractivity contribution is -0.137. The Labute approximate surface area is 162 Å². The Morgan fingerprint density at radius 1 is 0.889 bits per heavy atom. The topological polar surface area (TPSA) is 30.7 Å². The van der Waals surface area contributed by atoms with Crippen LogP contribution in [0.1, 0.15) is 5.56 Å². The standard InChI is InChI=1S/C19H10Cl2F3N3/c20-14-4-1-5-15-17(14)26-18(27(15)21)12-8-6-11(7-9-12)16-13(19(22,23)24)3-2-10-25-16/h1-10H. The molecule has 2 aromatic heterocycles. The number of nitrogens with zero attached hydrogens (tertiary/aromatic N) is 3. The molecular formula is C19H10Cl2F3N3. The monoisotopic (exact) mass is 407 g/mol. The summed E-state index contributed by atoms with van der Waals surface area (Å²) in [5.74, 6) is 0.448. The number of benzene rings is 2. The first-order valence-electron chi connectivity index (χ1n) is 7.82. The fourth-order valence-corrected chi connectivity index (χ4v) is 3.34. The third kappa shape index (κ3) is 3.15. The van der Waals surface area contributed by atoms with Crippen LogP contribution >= 0.6 is 23.4 Å². The molecule has 136 valence electrons. The van der Waals surface area contributed by atoms with Gasteiger partial charge in [-0.1, -0.05) is 41.9 Å². The number of pyridine rings is 1. The Kier molecular flexibility index (Phi) is 4.32. The number of para-hydroxylation sites is 1. The van der Waals surface area contributed by atoms with Gasteiger partial charge in [0.1, 0.15) is 5.52 Å². The van der Waals surface area contributed by atoms with Crippen molar-refractivity contribution in [3.05, 3.63) is 71.4 Å². The predicted molar refractivity (Wildman–Crippen MR) is 99.7 cm³/mol. The van der Waals surface area contributed by atoms with E-state index in [2.05, 4.69) is 9.97 Å². The molecule has 0 fully saturated rings. The van der Waals surface area contributed by atoms with Gasteiger partial charge in [-0.25, -0.2) is 9.07 Å². The second-order valence-corrected chi connectivity index (χ2v) is 6.54. The zero-order valence-electron chi connectivity index (χ0n) is 13.5. The number of halogens is 5. The van der Waals surface area contributed by atoms with Crippen molar-refractivity contribution in [2.75, 3.05) is 0 Å². The first kappa shape index (κ1) is 17.8. The molecule has 0 atom stereocenters. The van der Waals surface area contributed by atoms with Crippen molar-refractivity contribution in [3.8, 4) is 22.6 Å². The molecule has 0 N–H and O–H groups in total. The lowest BCUT2D eigenvalue weighted by atomic mass is 10.0. The van der Waals surface area contributed by atoms with Gasteiger partial charge in [0.2, 0.25) is 0 Å². The normalized spacial score (nSPS) is 11.9. The highest BCUT2D eigenvalue weighted by Crippen LogP contribution is 2.36. The number of rotatable bonds is 2. The molecule has 0 aliphatic heterocycles. The summed E-state index contributed by atoms with van der Waals surface area (Å²) < 4.78 is 41.0. The van der Waals surface area contributed by atoms with E-state index < -0.39 is 11.7 Å². The molecule has 3 nitrogen and oxygen atoms in total. The third-order valence-electron chi connectivity index (χ3n) is 4.11. The third-order valence-corrected chi connectivity index (χ3v) is 4.76. The van der Waals surface area contributed by atoms with Crippen molar-refractivity contribution in [2.45, 2.75) is 6.18 Å². The lowest BCUT2D eigenvalue weighted by Gasteiger charge is -2.12. The Hall–Kier alpha value is -2.57. The van der Waals surface area contributed by atoms with Gasteiger partial charge < -0.3 is 0 Å². The van der Waals surface area contributed by atoms with Gasteiger partial charge in [-0.15, -0.1) is 0 Å². The largest absolute Gasteiger partial charge is 0.418 e. The van der Waals surface area contributed by atoms with Gasteiger partial charge in [-0.05, 0) is 24.3 Å². The zero-order chi connectivity index (χ0) is 19.2. The molecular weight excluding hydrogens is 398 g/mol. The molecule has 0 radical (unpaired) electrons. The first-order valence-corrected chi connectivity index (χ1v) is 8.54. The molecule has 0 amide bonds. The van der Waals surface area contributed by atoms with E-state index >= 15 is 0 Å². The van der Waals surface area contributed by atoms with Crippen LogP contribution in [0, 0.1) is 0 Å². The molecule has 4 rings (SSSR count). The molecule has 0 aliphatic rings. The van der Waals surface area contributed by atoms with Crippen molar-refractivity contribution in [2.24, 2.45) is 0 Å². The van der Waals surface area contributed by atoms with Crippen LogP contribution in [0.25, 0.3) is 33.7 Å². The average Bonchev–Trinajstić information content (AvgIpc) is 3.00. The highest BCUT2D eigenvalue weighted by Gasteiger charge is 2.34. The number of aromatic nitrogens is 3. The molecule has 0 unspecified atom stereocenters. The second kappa shape index (κ2) is 6.55. The van der Waals surface area contributed by atoms with Crippen molar-refractivity contribution >= 4 is 34.4 Å². The summed E-state index contributed by atoms with van der Waals surface area (Å²) in [5.41, 5.74) is 1.28. The Morgan fingerprint density at radius 2 is 1.59 bits per heavy atom. The molecule has 2 heterocycles. The molecule has 0 saturated carbocycles. The van der Waals surface area contributed by atoms with Gasteiger partial charge in [0, 0.05) is 29.1 Å². The SMILES string of the molecule is FC(F)(F)c1cccnc1-c1ccc(-c2nc3c(Cl)cccc3n2Cl)cc1. The molecule has 0 bridgehead atoms. The van der Waals surface area contributed by atoms with Crippen molar-refractivity contribution in [1.29, 1.82) is 0 Å². The zero-order valence-corrected chi connectivity index (χ0v) is 15.0. The van der Waals surface area contributed by atoms with Crippen LogP contribution < -0.4 is 0 Å². The number of hydrogen-bond acceptors (Lipinski definition) is 2. The maximum atomic E-state index is 13.2. The van der Waals surface area contributed by atoms with Crippen LogP contribution in [0.3, 0.4) is 0 Å². The quantitative estimate of drug-likeness (QED) is 0.382. The average molecular weight is 408 g/mol. The highest BCUT2D eigenvalue weighted by molar-refractivity contribution is 6.35. The van der Waals surface area contributed by atoms with E-state index in [-0.39, 0.29) is 5.69 Å². The number of hydrogen-bond donors (Lipinski definition) is 0. The van der Waals surface area contributed by atoms with E-state index in [0.717, 1.165) is 6.07 Å². The minimum absolute atomic E-state index is 0.126. The van der Waals surface area contributed by atoms with Gasteiger partial charge in [0.15, 0.2) is 5.82 Å². The summed E-state index contributed by atoms with van der Waals surface area (Å²) in [6.45, 7) is 0. The minimum atomic E-state index is -4.48. The highest BCUT2D eigenvalue weighted by atomic mass is 35.5. The van der Waals surface area contributed by atoms with Crippen LogP contribution in [0.2, 0.25) is 5.02 Å². The summed E-state index contributed by atoms with van der Waals surface area (Å²) in [6.07, 6.45) is -3.15. The molecule has 0 saturated heterocycles. The second-order valence-electron chi connectivity index (χ2n) is 5.80. The smallest absolute Gasteiger partial charge is 0.256 e. The van der Waals surface area contributed by atoms with Crippen LogP contribution in [0.15, 0.2) is 60.8 Å². The molecule has 4 aromatic rings. The fraction of sp³-hybridized carbons (Fsp3) is 0.0526. The van der Waals surface area contributed by atoms with Crippen LogP contribution in [0.5, 0.6) is 0 Å². The molecule has 0 aliphatic carbocycles. The van der Waals surface area contributed by atoms with Crippen LogP contribution in [-0.2, 0) is 6.18 Å². The van der Waals surface area contributed by atoms with Crippen molar-refractivity contribution < 1.29 is 13.2 Å². The first-order chi connectivity index (χ1) is 12.9. The molecule has 2 aromatic carbocycles. The van der Waals surface area contributed by atoms with Gasteiger partial charge in [0.25, 0.3) is 0 Å². The lowest BCUT2D eigenvalue weighted by Crippen LogP contribution is -2.08. The Balaban J connectivity index is 1.79. The summed E-state index contributed by atoms with van der Waals surface area (Å²) >= 11 is 12.5. The summed E-state index contributed by atoms with van der Waals surface area (Å²) in [7, 11) is 0. The van der Waals surface area contributed by atoms with Gasteiger partial charge >= 0.3 is 6.18 Å². The van der Waals surface area contributed by atoms with Crippen LogP contribution in [0.4, 0.5) is 13.2 Å². The molecule has 8 heteroatoms. The van der Waals surface area contributed by atoms with Gasteiger partial charge in [0.05, 0.1) is 21.8 Å². The number of fused-ring (bicyclic) bond motifs is 1. The van der Waals surface area contributed by atoms with E-state index in [1.54, 1.807) is 42.5 Å². The maximum absolute atomic E-state index is 13.2. The van der Waals surface area contributed by atoms with E-state index in [9.17, 15) is 13.2 Å². The molecule has 27 heavy (non-hydrogen) atoms. The van der Waals surface area contributed by atoms with Crippen molar-refractivity contribution in [1.82, 2.24) is 14.1 Å². The summed E-state index contributed by atoms with van der Waals surface area (Å²) in [6, 6.07) is 13.9. The predicted octanol–water partition coefficient (Wildman–Crippen LogP) is 6.44. The van der Waals surface area contributed by atoms with Crippen molar-refractivity contribution in [3.63, 3.8) is 0 Å². The molecule has 0 spiro atoms. The Morgan fingerprint density at radius 3 is 2.26 bits per heavy atom. The fourth-order valence-electron chi connectivity index (χ4n) is 2.86. The van der Waals surface area contributed by atoms with E-state index in [0.29, 0.717) is 33.0 Å². The minimum Gasteiger partial charge on any atom is -0.256 e. The van der Waals surface area contributed by atoms with Gasteiger partial charge in [-0.3, -0.25) is 4.98 Å². The summed E-state index contributed by atoms with van der Waals surface area (Å²) in [4.78, 5) is 8.34. The van der Waals surface area contributed by atoms with Crippen LogP contribution in [-0.4, -0.2) is 14.1 Å². The van der Waals surface area contributed by atoms with E-state index in [1.807, 2.05) is 0 Å². The summed E-state index contributed by atoms with van der Waals surface area (Å²) in [5, 5.41) is 0.466. The van der Waals surface area contributed by atoms with E-state index in [1.165, 1.54) is 16.3 Å². The maximum Gasteiger partial charge on any atom is 0.418 e. The number of imidazole rings is 1. The number of alkyl halides is 3.